The van der Waals surface area contributed by atoms with Crippen molar-refractivity contribution < 1.29 is 54.4 Å². The molecule has 0 unspecified atom stereocenters. The second-order valence-corrected chi connectivity index (χ2v) is 3.22. The fourth-order valence-corrected chi connectivity index (χ4v) is 0.402. The van der Waals surface area contributed by atoms with Gasteiger partial charge in [-0.25, -0.2) is 0 Å². The van der Waals surface area contributed by atoms with Gasteiger partial charge in [-0.05, 0) is 6.42 Å². The van der Waals surface area contributed by atoms with Crippen LogP contribution in [0.4, 0.5) is 0 Å². The van der Waals surface area contributed by atoms with E-state index in [0.717, 1.165) is 0 Å². The molecule has 11 heteroatoms. The van der Waals surface area contributed by atoms with Crippen LogP contribution in [0.3, 0.4) is 0 Å². The SMILES string of the molecule is N[C@@H](CCC(=O)O)C(=O)O.O=S(=O)(O)O.[Mn]. The van der Waals surface area contributed by atoms with Crippen LogP contribution in [0.5, 0.6) is 0 Å². The van der Waals surface area contributed by atoms with E-state index in [1.165, 1.54) is 0 Å². The molecule has 0 heterocycles. The number of aliphatic carboxylic acids is 2. The third kappa shape index (κ3) is 29.2. The van der Waals surface area contributed by atoms with E-state index in [1.807, 2.05) is 0 Å². The number of carbonyl (C=O) groups is 2. The fraction of sp³-hybridized carbons (Fsp3) is 0.600. The first-order valence-electron chi connectivity index (χ1n) is 3.44. The van der Waals surface area contributed by atoms with E-state index < -0.39 is 28.4 Å². The molecule has 0 bridgehead atoms. The summed E-state index contributed by atoms with van der Waals surface area (Å²) in [5.74, 6) is -2.20. The molecule has 0 spiro atoms. The molecule has 0 aromatic rings. The Morgan fingerprint density at radius 2 is 1.50 bits per heavy atom. The van der Waals surface area contributed by atoms with Crippen LogP contribution in [-0.2, 0) is 37.1 Å². The van der Waals surface area contributed by atoms with Gasteiger partial charge in [-0.3, -0.25) is 18.7 Å². The van der Waals surface area contributed by atoms with Crippen LogP contribution >= 0.6 is 0 Å². The van der Waals surface area contributed by atoms with Gasteiger partial charge in [0.25, 0.3) is 0 Å². The van der Waals surface area contributed by atoms with Gasteiger partial charge in [-0.15, -0.1) is 0 Å². The Kier molecular flexibility index (Phi) is 12.3. The Hall–Kier alpha value is -0.711. The van der Waals surface area contributed by atoms with Gasteiger partial charge in [-0.1, -0.05) is 0 Å². The topological polar surface area (TPSA) is 175 Å². The van der Waals surface area contributed by atoms with Crippen molar-refractivity contribution in [3.05, 3.63) is 0 Å². The van der Waals surface area contributed by atoms with Crippen LogP contribution in [0.25, 0.3) is 0 Å². The maximum atomic E-state index is 9.99. The van der Waals surface area contributed by atoms with Crippen LogP contribution in [0, 0.1) is 0 Å². The predicted octanol–water partition coefficient (Wildman–Crippen LogP) is -1.39. The second kappa shape index (κ2) is 9.51. The van der Waals surface area contributed by atoms with E-state index in [9.17, 15) is 9.59 Å². The van der Waals surface area contributed by atoms with E-state index in [-0.39, 0.29) is 29.9 Å². The first-order valence-corrected chi connectivity index (χ1v) is 4.83. The molecule has 0 aromatic heterocycles. The molecule has 97 valence electrons. The maximum absolute atomic E-state index is 9.99. The van der Waals surface area contributed by atoms with Crippen molar-refractivity contribution in [1.29, 1.82) is 0 Å². The first-order chi connectivity index (χ1) is 6.54. The van der Waals surface area contributed by atoms with Crippen LogP contribution in [0.15, 0.2) is 0 Å². The zero-order valence-corrected chi connectivity index (χ0v) is 9.77. The number of rotatable bonds is 4. The fourth-order valence-electron chi connectivity index (χ4n) is 0.402. The molecule has 0 aliphatic carbocycles. The van der Waals surface area contributed by atoms with Gasteiger partial charge in [0.1, 0.15) is 6.04 Å². The molecule has 0 amide bonds. The number of carboxylic acids is 2. The molecular formula is C5H11MnNO8S. The molecule has 0 aliphatic rings. The van der Waals surface area contributed by atoms with Crippen LogP contribution in [-0.4, -0.2) is 45.7 Å². The van der Waals surface area contributed by atoms with Crippen molar-refractivity contribution in [2.24, 2.45) is 5.73 Å². The van der Waals surface area contributed by atoms with E-state index >= 15 is 0 Å². The van der Waals surface area contributed by atoms with Crippen molar-refractivity contribution in [3.8, 4) is 0 Å². The summed E-state index contributed by atoms with van der Waals surface area (Å²) in [5, 5.41) is 16.3. The standard InChI is InChI=1S/C5H9NO4.Mn.H2O4S/c6-3(5(9)10)1-2-4(7)8;;1-5(2,3)4/h3H,1-2,6H2,(H,7,8)(H,9,10);;(H2,1,2,3,4)/t3-;;/m0../s1. The Labute approximate surface area is 102 Å². The minimum Gasteiger partial charge on any atom is -0.481 e. The number of hydrogen-bond acceptors (Lipinski definition) is 5. The second-order valence-electron chi connectivity index (χ2n) is 2.32. The molecule has 1 atom stereocenters. The average molecular weight is 300 g/mol. The van der Waals surface area contributed by atoms with Gasteiger partial charge < -0.3 is 15.9 Å². The zero-order chi connectivity index (χ0) is 12.6. The van der Waals surface area contributed by atoms with Gasteiger partial charge in [0, 0.05) is 23.5 Å². The van der Waals surface area contributed by atoms with Crippen LogP contribution in [0.1, 0.15) is 12.8 Å². The molecule has 16 heavy (non-hydrogen) atoms. The predicted molar refractivity (Wildman–Crippen MR) is 46.7 cm³/mol. The largest absolute Gasteiger partial charge is 0.481 e. The Morgan fingerprint density at radius 3 is 1.69 bits per heavy atom. The van der Waals surface area contributed by atoms with Gasteiger partial charge in [0.15, 0.2) is 0 Å². The molecule has 0 saturated heterocycles. The average Bonchev–Trinajstić information content (AvgIpc) is 1.96. The van der Waals surface area contributed by atoms with Crippen LogP contribution in [0.2, 0.25) is 0 Å². The van der Waals surface area contributed by atoms with Gasteiger partial charge in [0.2, 0.25) is 0 Å². The summed E-state index contributed by atoms with van der Waals surface area (Å²) in [6.45, 7) is 0. The third-order valence-electron chi connectivity index (χ3n) is 0.986. The van der Waals surface area contributed by atoms with Crippen molar-refractivity contribution in [2.75, 3.05) is 0 Å². The van der Waals surface area contributed by atoms with Gasteiger partial charge in [-0.2, -0.15) is 8.42 Å². The molecule has 0 rings (SSSR count). The summed E-state index contributed by atoms with van der Waals surface area (Å²) in [6.07, 6.45) is -0.224. The summed E-state index contributed by atoms with van der Waals surface area (Å²) in [4.78, 5) is 19.9. The minimum absolute atomic E-state index is 0. The van der Waals surface area contributed by atoms with E-state index in [1.54, 1.807) is 0 Å². The molecule has 0 aliphatic heterocycles. The van der Waals surface area contributed by atoms with Crippen molar-refractivity contribution in [1.82, 2.24) is 0 Å². The summed E-state index contributed by atoms with van der Waals surface area (Å²) >= 11 is 0. The molecular weight excluding hydrogens is 289 g/mol. The van der Waals surface area contributed by atoms with Gasteiger partial charge >= 0.3 is 22.3 Å². The van der Waals surface area contributed by atoms with Crippen molar-refractivity contribution >= 4 is 22.3 Å². The molecule has 0 aromatic carbocycles. The summed E-state index contributed by atoms with van der Waals surface area (Å²) < 4.78 is 31.6. The third-order valence-corrected chi connectivity index (χ3v) is 0.986. The molecule has 1 radical (unpaired) electrons. The van der Waals surface area contributed by atoms with Crippen molar-refractivity contribution in [3.63, 3.8) is 0 Å². The summed E-state index contributed by atoms with van der Waals surface area (Å²) in [6, 6.07) is -1.06. The quantitative estimate of drug-likeness (QED) is 0.309. The Morgan fingerprint density at radius 1 is 1.19 bits per heavy atom. The first kappa shape index (κ1) is 20.7. The number of hydrogen-bond donors (Lipinski definition) is 5. The summed E-state index contributed by atoms with van der Waals surface area (Å²) in [5.41, 5.74) is 5.00. The zero-order valence-electron chi connectivity index (χ0n) is 7.78. The Balaban J connectivity index is -0.000000242. The van der Waals surface area contributed by atoms with Crippen molar-refractivity contribution in [2.45, 2.75) is 18.9 Å². The molecule has 0 fully saturated rings. The molecule has 6 N–H and O–H groups in total. The normalized spacial score (nSPS) is 11.4. The van der Waals surface area contributed by atoms with Gasteiger partial charge in [0.05, 0.1) is 0 Å². The molecule has 0 saturated carbocycles. The van der Waals surface area contributed by atoms with Crippen LogP contribution < -0.4 is 5.73 Å². The Bertz CT molecular complexity index is 306. The number of nitrogens with two attached hydrogens (primary N) is 1. The smallest absolute Gasteiger partial charge is 0.394 e. The van der Waals surface area contributed by atoms with E-state index in [0.29, 0.717) is 0 Å². The van der Waals surface area contributed by atoms with E-state index in [4.69, 9.17) is 33.5 Å². The summed E-state index contributed by atoms with van der Waals surface area (Å²) in [7, 11) is -4.67. The number of carboxylic acid groups (broad SMARTS) is 2. The molecule has 9 nitrogen and oxygen atoms in total. The van der Waals surface area contributed by atoms with E-state index in [2.05, 4.69) is 0 Å². The minimum atomic E-state index is -4.67. The monoisotopic (exact) mass is 300 g/mol. The maximum Gasteiger partial charge on any atom is 0.394 e.